The van der Waals surface area contributed by atoms with Crippen LogP contribution in [0.3, 0.4) is 0 Å². The van der Waals surface area contributed by atoms with E-state index in [4.69, 9.17) is 5.73 Å². The van der Waals surface area contributed by atoms with Gasteiger partial charge in [0.15, 0.2) is 0 Å². The average Bonchev–Trinajstić information content (AvgIpc) is 2.92. The first-order valence-electron chi connectivity index (χ1n) is 7.88. The molecule has 1 saturated heterocycles. The molecule has 9 heteroatoms. The minimum Gasteiger partial charge on any atom is -0.397 e. The molecule has 0 unspecified atom stereocenters. The third-order valence-electron chi connectivity index (χ3n) is 4.43. The molecule has 128 valence electrons. The van der Waals surface area contributed by atoms with Crippen LogP contribution in [0.5, 0.6) is 0 Å². The Kier molecular flexibility index (Phi) is 3.72. The summed E-state index contributed by atoms with van der Waals surface area (Å²) in [5.74, 6) is 0.650. The lowest BCUT2D eigenvalue weighted by molar-refractivity contribution is 0.0935. The van der Waals surface area contributed by atoms with Crippen LogP contribution in [0.2, 0.25) is 0 Å². The predicted octanol–water partition coefficient (Wildman–Crippen LogP) is 1.30. The number of nitrogens with two attached hydrogens (primary N) is 1. The fourth-order valence-corrected chi connectivity index (χ4v) is 3.88. The third-order valence-corrected chi connectivity index (χ3v) is 5.52. The van der Waals surface area contributed by atoms with E-state index in [1.807, 2.05) is 13.8 Å². The summed E-state index contributed by atoms with van der Waals surface area (Å²) in [6.07, 6.45) is 5.01. The first-order valence-corrected chi connectivity index (χ1v) is 8.70. The molecule has 0 aliphatic carbocycles. The van der Waals surface area contributed by atoms with Gasteiger partial charge in [-0.1, -0.05) is 0 Å². The maximum Gasteiger partial charge on any atom is 0.263 e. The van der Waals surface area contributed by atoms with Crippen molar-refractivity contribution in [3.8, 4) is 0 Å². The van der Waals surface area contributed by atoms with Crippen molar-refractivity contribution in [1.29, 1.82) is 0 Å². The molecule has 0 bridgehead atoms. The molecule has 0 spiro atoms. The second-order valence-electron chi connectivity index (χ2n) is 6.07. The molecule has 0 aromatic carbocycles. The van der Waals surface area contributed by atoms with Gasteiger partial charge in [0.1, 0.15) is 15.5 Å². The van der Waals surface area contributed by atoms with E-state index in [1.165, 1.54) is 11.3 Å². The van der Waals surface area contributed by atoms with Crippen molar-refractivity contribution in [3.63, 3.8) is 0 Å². The van der Waals surface area contributed by atoms with E-state index < -0.39 is 0 Å². The van der Waals surface area contributed by atoms with Gasteiger partial charge < -0.3 is 16.0 Å². The van der Waals surface area contributed by atoms with Crippen molar-refractivity contribution in [3.05, 3.63) is 34.7 Å². The molecule has 4 rings (SSSR count). The highest BCUT2D eigenvalue weighted by atomic mass is 32.1. The lowest BCUT2D eigenvalue weighted by Gasteiger charge is -2.40. The number of anilines is 2. The zero-order valence-electron chi connectivity index (χ0n) is 13.9. The fourth-order valence-electron chi connectivity index (χ4n) is 2.87. The number of fused-ring (bicyclic) bond motifs is 1. The normalized spacial score (nSPS) is 14.6. The van der Waals surface area contributed by atoms with E-state index in [2.05, 4.69) is 30.4 Å². The van der Waals surface area contributed by atoms with E-state index in [1.54, 1.807) is 18.6 Å². The van der Waals surface area contributed by atoms with Gasteiger partial charge in [-0.25, -0.2) is 4.98 Å². The Morgan fingerprint density at radius 3 is 2.84 bits per heavy atom. The van der Waals surface area contributed by atoms with Crippen LogP contribution in [0.25, 0.3) is 10.2 Å². The Bertz CT molecular complexity index is 950. The van der Waals surface area contributed by atoms with Crippen LogP contribution >= 0.6 is 11.3 Å². The molecule has 8 nitrogen and oxygen atoms in total. The number of nitrogens with one attached hydrogen (secondary N) is 1. The number of thiophene rings is 1. The summed E-state index contributed by atoms with van der Waals surface area (Å²) in [5, 5.41) is 12.1. The molecule has 1 fully saturated rings. The third kappa shape index (κ3) is 2.66. The summed E-state index contributed by atoms with van der Waals surface area (Å²) >= 11 is 1.28. The van der Waals surface area contributed by atoms with Gasteiger partial charge in [-0.15, -0.1) is 16.4 Å². The van der Waals surface area contributed by atoms with Gasteiger partial charge in [-0.2, -0.15) is 5.10 Å². The van der Waals surface area contributed by atoms with Gasteiger partial charge in [-0.3, -0.25) is 9.78 Å². The number of rotatable bonds is 3. The van der Waals surface area contributed by atoms with Gasteiger partial charge in [-0.05, 0) is 19.4 Å². The molecule has 25 heavy (non-hydrogen) atoms. The van der Waals surface area contributed by atoms with E-state index in [-0.39, 0.29) is 11.9 Å². The Balaban J connectivity index is 1.49. The number of aromatic nitrogens is 4. The molecule has 3 aromatic heterocycles. The standard InChI is InChI=1S/C16H17N7OS/c1-8-9(2)21-22-16-12(8)13(17)14(25-16)15(24)20-10-6-23(7-10)11-5-18-3-4-19-11/h3-5,10H,6-7,17H2,1-2H3,(H,20,24). The van der Waals surface area contributed by atoms with Crippen LogP contribution in [-0.4, -0.2) is 45.2 Å². The Labute approximate surface area is 148 Å². The number of hydrogen-bond acceptors (Lipinski definition) is 8. The molecule has 0 atom stereocenters. The fraction of sp³-hybridized carbons (Fsp3) is 0.312. The van der Waals surface area contributed by atoms with Crippen LogP contribution in [-0.2, 0) is 0 Å². The van der Waals surface area contributed by atoms with Crippen molar-refractivity contribution in [2.75, 3.05) is 23.7 Å². The Morgan fingerprint density at radius 1 is 1.32 bits per heavy atom. The molecule has 0 radical (unpaired) electrons. The minimum absolute atomic E-state index is 0.0630. The van der Waals surface area contributed by atoms with E-state index in [9.17, 15) is 4.79 Å². The van der Waals surface area contributed by atoms with Crippen LogP contribution in [0, 0.1) is 13.8 Å². The molecule has 1 aliphatic rings. The van der Waals surface area contributed by atoms with E-state index in [0.29, 0.717) is 28.5 Å². The molecule has 3 N–H and O–H groups in total. The second-order valence-corrected chi connectivity index (χ2v) is 7.07. The summed E-state index contributed by atoms with van der Waals surface area (Å²) in [6, 6.07) is 0.0630. The lowest BCUT2D eigenvalue weighted by atomic mass is 10.1. The van der Waals surface area contributed by atoms with Crippen LogP contribution in [0.4, 0.5) is 11.5 Å². The maximum absolute atomic E-state index is 12.6. The number of carbonyl (C=O) groups excluding carboxylic acids is 1. The zero-order valence-corrected chi connectivity index (χ0v) is 14.7. The van der Waals surface area contributed by atoms with Crippen molar-refractivity contribution < 1.29 is 4.79 Å². The van der Waals surface area contributed by atoms with Crippen molar-refractivity contribution in [2.24, 2.45) is 0 Å². The van der Waals surface area contributed by atoms with E-state index in [0.717, 1.165) is 22.5 Å². The molecule has 1 aliphatic heterocycles. The van der Waals surface area contributed by atoms with Crippen LogP contribution in [0.1, 0.15) is 20.9 Å². The second kappa shape index (κ2) is 5.92. The molecular weight excluding hydrogens is 338 g/mol. The molecule has 1 amide bonds. The van der Waals surface area contributed by atoms with Crippen molar-refractivity contribution in [2.45, 2.75) is 19.9 Å². The molecule has 3 aromatic rings. The first-order chi connectivity index (χ1) is 12.0. The molecule has 0 saturated carbocycles. The molecular formula is C16H17N7OS. The quantitative estimate of drug-likeness (QED) is 0.728. The summed E-state index contributed by atoms with van der Waals surface area (Å²) in [4.78, 5) is 24.2. The smallest absolute Gasteiger partial charge is 0.263 e. The van der Waals surface area contributed by atoms with Gasteiger partial charge in [0, 0.05) is 30.9 Å². The predicted molar refractivity (Wildman–Crippen MR) is 96.8 cm³/mol. The summed E-state index contributed by atoms with van der Waals surface area (Å²) in [7, 11) is 0. The zero-order chi connectivity index (χ0) is 17.6. The number of carbonyl (C=O) groups is 1. The SMILES string of the molecule is Cc1nnc2sc(C(=O)NC3CN(c4cnccn4)C3)c(N)c2c1C. The number of nitrogens with zero attached hydrogens (tertiary/aromatic N) is 5. The average molecular weight is 355 g/mol. The highest BCUT2D eigenvalue weighted by Crippen LogP contribution is 2.35. The van der Waals surface area contributed by atoms with Gasteiger partial charge in [0.25, 0.3) is 5.91 Å². The first kappa shape index (κ1) is 15.7. The number of hydrogen-bond donors (Lipinski definition) is 2. The monoisotopic (exact) mass is 355 g/mol. The number of nitrogen functional groups attached to an aromatic ring is 1. The largest absolute Gasteiger partial charge is 0.397 e. The van der Waals surface area contributed by atoms with Gasteiger partial charge >= 0.3 is 0 Å². The van der Waals surface area contributed by atoms with Crippen molar-refractivity contribution in [1.82, 2.24) is 25.5 Å². The highest BCUT2D eigenvalue weighted by Gasteiger charge is 2.30. The van der Waals surface area contributed by atoms with Crippen molar-refractivity contribution >= 4 is 39.0 Å². The summed E-state index contributed by atoms with van der Waals surface area (Å²) in [5.41, 5.74) is 8.49. The number of aryl methyl sites for hydroxylation is 2. The minimum atomic E-state index is -0.165. The van der Waals surface area contributed by atoms with Crippen LogP contribution in [0.15, 0.2) is 18.6 Å². The Hall–Kier alpha value is -2.81. The van der Waals surface area contributed by atoms with E-state index >= 15 is 0 Å². The van der Waals surface area contributed by atoms with Gasteiger partial charge in [0.05, 0.1) is 23.6 Å². The topological polar surface area (TPSA) is 110 Å². The summed E-state index contributed by atoms with van der Waals surface area (Å²) < 4.78 is 0. The highest BCUT2D eigenvalue weighted by molar-refractivity contribution is 7.21. The summed E-state index contributed by atoms with van der Waals surface area (Å²) in [6.45, 7) is 5.23. The van der Waals surface area contributed by atoms with Gasteiger partial charge in [0.2, 0.25) is 0 Å². The number of amides is 1. The maximum atomic E-state index is 12.6. The molecule has 4 heterocycles. The van der Waals surface area contributed by atoms with Crippen LogP contribution < -0.4 is 16.0 Å². The Morgan fingerprint density at radius 2 is 2.12 bits per heavy atom. The lowest BCUT2D eigenvalue weighted by Crippen LogP contribution is -2.59.